The molecule has 1 heterocycles. The van der Waals surface area contributed by atoms with E-state index in [1.54, 1.807) is 23.1 Å². The summed E-state index contributed by atoms with van der Waals surface area (Å²) in [5.74, 6) is -0.533. The van der Waals surface area contributed by atoms with Crippen molar-refractivity contribution in [3.05, 3.63) is 52.6 Å². The Morgan fingerprint density at radius 3 is 2.89 bits per heavy atom. The second-order valence-electron chi connectivity index (χ2n) is 4.11. The summed E-state index contributed by atoms with van der Waals surface area (Å²) in [6.45, 7) is 2.84. The maximum atomic E-state index is 13.3. The van der Waals surface area contributed by atoms with Crippen LogP contribution in [-0.4, -0.2) is 14.9 Å². The summed E-state index contributed by atoms with van der Waals surface area (Å²) < 4.78 is 15.1. The van der Waals surface area contributed by atoms with Gasteiger partial charge in [-0.3, -0.25) is 4.68 Å². The molecule has 5 heteroatoms. The molecule has 3 nitrogen and oxygen atoms in total. The summed E-state index contributed by atoms with van der Waals surface area (Å²) in [5.41, 5.74) is 1.11. The molecule has 18 heavy (non-hydrogen) atoms. The molecule has 0 saturated heterocycles. The van der Waals surface area contributed by atoms with Crippen LogP contribution in [0.2, 0.25) is 5.02 Å². The Kier molecular flexibility index (Phi) is 3.99. The topological polar surface area (TPSA) is 38.0 Å². The van der Waals surface area contributed by atoms with Crippen LogP contribution in [0.3, 0.4) is 0 Å². The van der Waals surface area contributed by atoms with Gasteiger partial charge in [-0.15, -0.1) is 0 Å². The summed E-state index contributed by atoms with van der Waals surface area (Å²) in [7, 11) is 0. The highest BCUT2D eigenvalue weighted by atomic mass is 35.5. The van der Waals surface area contributed by atoms with E-state index in [0.29, 0.717) is 11.1 Å². The fourth-order valence-corrected chi connectivity index (χ4v) is 1.86. The molecule has 1 aromatic heterocycles. The van der Waals surface area contributed by atoms with E-state index in [9.17, 15) is 9.50 Å². The standard InChI is InChI=1S/C13H14ClFN2O/c1-2-5-17-8-10(7-16-17)13(18)9-3-4-11(14)12(15)6-9/h3-4,6-8,13,18H,2,5H2,1H3. The van der Waals surface area contributed by atoms with Gasteiger partial charge >= 0.3 is 0 Å². The highest BCUT2D eigenvalue weighted by Crippen LogP contribution is 2.25. The Hall–Kier alpha value is -1.39. The van der Waals surface area contributed by atoms with E-state index >= 15 is 0 Å². The Labute approximate surface area is 110 Å². The molecule has 1 atom stereocenters. The molecule has 0 bridgehead atoms. The molecule has 0 amide bonds. The van der Waals surface area contributed by atoms with E-state index < -0.39 is 11.9 Å². The van der Waals surface area contributed by atoms with E-state index in [2.05, 4.69) is 5.10 Å². The Balaban J connectivity index is 2.23. The first kappa shape index (κ1) is 13.1. The summed E-state index contributed by atoms with van der Waals surface area (Å²) in [4.78, 5) is 0. The number of hydrogen-bond donors (Lipinski definition) is 1. The van der Waals surface area contributed by atoms with Crippen molar-refractivity contribution in [2.24, 2.45) is 0 Å². The Morgan fingerprint density at radius 2 is 2.22 bits per heavy atom. The average Bonchev–Trinajstić information content (AvgIpc) is 2.81. The number of aryl methyl sites for hydroxylation is 1. The number of aromatic nitrogens is 2. The second kappa shape index (κ2) is 5.50. The van der Waals surface area contributed by atoms with Crippen LogP contribution in [0.15, 0.2) is 30.6 Å². The van der Waals surface area contributed by atoms with Crippen molar-refractivity contribution in [3.63, 3.8) is 0 Å². The van der Waals surface area contributed by atoms with Crippen LogP contribution in [0.4, 0.5) is 4.39 Å². The van der Waals surface area contributed by atoms with E-state index in [0.717, 1.165) is 13.0 Å². The molecule has 0 fully saturated rings. The molecular weight excluding hydrogens is 255 g/mol. The van der Waals surface area contributed by atoms with Gasteiger partial charge in [0.2, 0.25) is 0 Å². The average molecular weight is 269 g/mol. The van der Waals surface area contributed by atoms with Gasteiger partial charge < -0.3 is 5.11 Å². The maximum Gasteiger partial charge on any atom is 0.142 e. The van der Waals surface area contributed by atoms with E-state index in [1.165, 1.54) is 12.1 Å². The molecule has 2 rings (SSSR count). The molecule has 2 aromatic rings. The third kappa shape index (κ3) is 2.71. The van der Waals surface area contributed by atoms with Gasteiger partial charge in [-0.2, -0.15) is 5.10 Å². The molecule has 1 unspecified atom stereocenters. The van der Waals surface area contributed by atoms with Crippen LogP contribution in [0, 0.1) is 5.82 Å². The minimum absolute atomic E-state index is 0.0487. The third-order valence-electron chi connectivity index (χ3n) is 2.68. The lowest BCUT2D eigenvalue weighted by Crippen LogP contribution is -2.00. The first-order valence-corrected chi connectivity index (χ1v) is 6.15. The van der Waals surface area contributed by atoms with Gasteiger partial charge in [-0.1, -0.05) is 24.6 Å². The normalized spacial score (nSPS) is 12.7. The Morgan fingerprint density at radius 1 is 1.44 bits per heavy atom. The van der Waals surface area contributed by atoms with Crippen molar-refractivity contribution in [2.45, 2.75) is 26.0 Å². The summed E-state index contributed by atoms with van der Waals surface area (Å²) >= 11 is 5.60. The van der Waals surface area contributed by atoms with Crippen LogP contribution in [0.25, 0.3) is 0 Å². The lowest BCUT2D eigenvalue weighted by atomic mass is 10.0. The maximum absolute atomic E-state index is 13.3. The van der Waals surface area contributed by atoms with Crippen molar-refractivity contribution in [3.8, 4) is 0 Å². The molecule has 0 aliphatic rings. The zero-order valence-electron chi connectivity index (χ0n) is 9.98. The van der Waals surface area contributed by atoms with E-state index in [-0.39, 0.29) is 5.02 Å². The lowest BCUT2D eigenvalue weighted by molar-refractivity contribution is 0.219. The minimum atomic E-state index is -0.887. The first-order chi connectivity index (χ1) is 8.61. The number of hydrogen-bond acceptors (Lipinski definition) is 2. The zero-order valence-corrected chi connectivity index (χ0v) is 10.7. The van der Waals surface area contributed by atoms with Crippen LogP contribution < -0.4 is 0 Å². The molecule has 0 radical (unpaired) electrons. The fraction of sp³-hybridized carbons (Fsp3) is 0.308. The fourth-order valence-electron chi connectivity index (χ4n) is 1.75. The number of aliphatic hydroxyl groups is 1. The van der Waals surface area contributed by atoms with Crippen LogP contribution in [0.1, 0.15) is 30.6 Å². The zero-order chi connectivity index (χ0) is 13.1. The predicted molar refractivity (Wildman–Crippen MR) is 68.0 cm³/mol. The van der Waals surface area contributed by atoms with Gasteiger partial charge in [0.15, 0.2) is 0 Å². The van der Waals surface area contributed by atoms with Crippen LogP contribution in [-0.2, 0) is 6.54 Å². The molecule has 1 aromatic carbocycles. The summed E-state index contributed by atoms with van der Waals surface area (Å²) in [6.07, 6.45) is 3.43. The van der Waals surface area contributed by atoms with Crippen LogP contribution >= 0.6 is 11.6 Å². The summed E-state index contributed by atoms with van der Waals surface area (Å²) in [5, 5.41) is 14.3. The number of aliphatic hydroxyl groups excluding tert-OH is 1. The molecular formula is C13H14ClFN2O. The van der Waals surface area contributed by atoms with Crippen LogP contribution in [0.5, 0.6) is 0 Å². The van der Waals surface area contributed by atoms with Gasteiger partial charge in [0.25, 0.3) is 0 Å². The predicted octanol–water partition coefficient (Wildman–Crippen LogP) is 3.17. The number of halogens is 2. The van der Waals surface area contributed by atoms with Crippen molar-refractivity contribution in [1.29, 1.82) is 0 Å². The van der Waals surface area contributed by atoms with E-state index in [1.807, 2.05) is 6.92 Å². The first-order valence-electron chi connectivity index (χ1n) is 5.77. The molecule has 0 aliphatic carbocycles. The summed E-state index contributed by atoms with van der Waals surface area (Å²) in [6, 6.07) is 4.28. The molecule has 0 spiro atoms. The van der Waals surface area contributed by atoms with Gasteiger partial charge in [0.05, 0.1) is 11.2 Å². The molecule has 0 aliphatic heterocycles. The second-order valence-corrected chi connectivity index (χ2v) is 4.52. The van der Waals surface area contributed by atoms with Crippen molar-refractivity contribution in [2.75, 3.05) is 0 Å². The highest BCUT2D eigenvalue weighted by molar-refractivity contribution is 6.30. The smallest absolute Gasteiger partial charge is 0.142 e. The van der Waals surface area contributed by atoms with Gasteiger partial charge in [-0.25, -0.2) is 4.39 Å². The number of benzene rings is 1. The van der Waals surface area contributed by atoms with E-state index in [4.69, 9.17) is 11.6 Å². The minimum Gasteiger partial charge on any atom is -0.384 e. The third-order valence-corrected chi connectivity index (χ3v) is 2.99. The number of nitrogens with zero attached hydrogens (tertiary/aromatic N) is 2. The largest absolute Gasteiger partial charge is 0.384 e. The van der Waals surface area contributed by atoms with Gasteiger partial charge in [0, 0.05) is 18.3 Å². The Bertz CT molecular complexity index is 542. The van der Waals surface area contributed by atoms with Crippen molar-refractivity contribution < 1.29 is 9.50 Å². The molecule has 96 valence electrons. The van der Waals surface area contributed by atoms with Gasteiger partial charge in [-0.05, 0) is 24.1 Å². The van der Waals surface area contributed by atoms with Crippen molar-refractivity contribution in [1.82, 2.24) is 9.78 Å². The quantitative estimate of drug-likeness (QED) is 0.925. The SMILES string of the molecule is CCCn1cc(C(O)c2ccc(Cl)c(F)c2)cn1. The highest BCUT2D eigenvalue weighted by Gasteiger charge is 2.14. The monoisotopic (exact) mass is 268 g/mol. The number of rotatable bonds is 4. The lowest BCUT2D eigenvalue weighted by Gasteiger charge is -2.09. The van der Waals surface area contributed by atoms with Gasteiger partial charge in [0.1, 0.15) is 11.9 Å². The van der Waals surface area contributed by atoms with Crippen molar-refractivity contribution >= 4 is 11.6 Å². The molecule has 1 N–H and O–H groups in total. The molecule has 0 saturated carbocycles.